The number of aromatic nitrogens is 2. The molecule has 3 rings (SSSR count). The number of hydrogen-bond donors (Lipinski definition) is 0. The second kappa shape index (κ2) is 5.27. The molecule has 0 saturated carbocycles. The van der Waals surface area contributed by atoms with E-state index in [1.807, 2.05) is 18.2 Å². The summed E-state index contributed by atoms with van der Waals surface area (Å²) in [6, 6.07) is 11.2. The first-order valence-electron chi connectivity index (χ1n) is 6.43. The summed E-state index contributed by atoms with van der Waals surface area (Å²) in [5, 5.41) is 0. The number of nitrogens with zero attached hydrogens (tertiary/aromatic N) is 3. The Morgan fingerprint density at radius 1 is 1.11 bits per heavy atom. The molecule has 18 heavy (non-hydrogen) atoms. The van der Waals surface area contributed by atoms with E-state index in [0.717, 1.165) is 17.9 Å². The first-order chi connectivity index (χ1) is 8.93. The molecule has 1 aromatic heterocycles. The van der Waals surface area contributed by atoms with Gasteiger partial charge in [-0.25, -0.2) is 9.97 Å². The monoisotopic (exact) mass is 238 g/mol. The van der Waals surface area contributed by atoms with Crippen molar-refractivity contribution >= 4 is 0 Å². The molecule has 0 amide bonds. The second-order valence-corrected chi connectivity index (χ2v) is 4.62. The molecule has 3 heteroatoms. The summed E-state index contributed by atoms with van der Waals surface area (Å²) in [5.41, 5.74) is 2.30. The van der Waals surface area contributed by atoms with Crippen LogP contribution < -0.4 is 0 Å². The van der Waals surface area contributed by atoms with Crippen molar-refractivity contribution in [1.82, 2.24) is 14.9 Å². The average Bonchev–Trinajstić information content (AvgIpc) is 2.93. The summed E-state index contributed by atoms with van der Waals surface area (Å²) in [7, 11) is 0. The Morgan fingerprint density at radius 3 is 2.67 bits per heavy atom. The number of benzene rings is 1. The maximum Gasteiger partial charge on any atom is 0.159 e. The lowest BCUT2D eigenvalue weighted by Crippen LogP contribution is -2.19. The van der Waals surface area contributed by atoms with Gasteiger partial charge in [-0.3, -0.25) is 4.90 Å². The zero-order chi connectivity index (χ0) is 12.2. The van der Waals surface area contributed by atoms with E-state index >= 15 is 0 Å². The first kappa shape index (κ1) is 11.4. The Balaban J connectivity index is 1.90. The highest BCUT2D eigenvalue weighted by Gasteiger charge is 2.14. The van der Waals surface area contributed by atoms with Gasteiger partial charge < -0.3 is 0 Å². The topological polar surface area (TPSA) is 29.0 Å². The molecule has 3 nitrogen and oxygen atoms in total. The third-order valence-corrected chi connectivity index (χ3v) is 3.33. The fourth-order valence-corrected chi connectivity index (χ4v) is 2.41. The molecule has 1 aromatic carbocycles. The van der Waals surface area contributed by atoms with Crippen molar-refractivity contribution in [3.05, 3.63) is 48.3 Å². The van der Waals surface area contributed by atoms with Gasteiger partial charge in [0.25, 0.3) is 0 Å². The number of likely N-dealkylation sites (tertiary alicyclic amines) is 1. The van der Waals surface area contributed by atoms with E-state index in [9.17, 15) is 0 Å². The Kier molecular flexibility index (Phi) is 3.33. The van der Waals surface area contributed by atoms with Crippen molar-refractivity contribution in [2.75, 3.05) is 13.1 Å². The lowest BCUT2D eigenvalue weighted by Gasteiger charge is -2.16. The highest BCUT2D eigenvalue weighted by molar-refractivity contribution is 5.59. The van der Waals surface area contributed by atoms with Crippen LogP contribution in [0.25, 0.3) is 11.4 Å². The zero-order valence-corrected chi connectivity index (χ0v) is 10.3. The van der Waals surface area contributed by atoms with Crippen molar-refractivity contribution in [2.45, 2.75) is 19.4 Å². The smallest absolute Gasteiger partial charge is 0.159 e. The van der Waals surface area contributed by atoms with Gasteiger partial charge in [-0.15, -0.1) is 0 Å². The standard InChI is InChI=1S/C15H16N3/c1-2-7-14(15-16-8-5-9-17-15)13(6-1)12-18-10-3-4-11-18/h1-2,5,7-9H,3-4,10-12H2. The van der Waals surface area contributed by atoms with Gasteiger partial charge in [0.05, 0.1) is 0 Å². The van der Waals surface area contributed by atoms with E-state index in [-0.39, 0.29) is 0 Å². The molecule has 0 N–H and O–H groups in total. The molecule has 0 bridgehead atoms. The molecule has 0 atom stereocenters. The minimum atomic E-state index is 0.795. The van der Waals surface area contributed by atoms with E-state index in [4.69, 9.17) is 0 Å². The molecule has 1 aliphatic rings. The van der Waals surface area contributed by atoms with Crippen LogP contribution in [0.15, 0.2) is 36.7 Å². The van der Waals surface area contributed by atoms with Crippen molar-refractivity contribution < 1.29 is 0 Å². The van der Waals surface area contributed by atoms with Gasteiger partial charge in [-0.1, -0.05) is 18.2 Å². The van der Waals surface area contributed by atoms with Crippen LogP contribution >= 0.6 is 0 Å². The fourth-order valence-electron chi connectivity index (χ4n) is 2.41. The third kappa shape index (κ3) is 2.41. The van der Waals surface area contributed by atoms with E-state index in [0.29, 0.717) is 0 Å². The fraction of sp³-hybridized carbons (Fsp3) is 0.333. The lowest BCUT2D eigenvalue weighted by molar-refractivity contribution is 0.331. The summed E-state index contributed by atoms with van der Waals surface area (Å²) < 4.78 is 0. The van der Waals surface area contributed by atoms with Crippen LogP contribution in [0.2, 0.25) is 0 Å². The molecular formula is C15H16N3. The predicted octanol–water partition coefficient (Wildman–Crippen LogP) is 2.54. The Labute approximate surface area is 108 Å². The van der Waals surface area contributed by atoms with Crippen LogP contribution in [0.1, 0.15) is 18.4 Å². The van der Waals surface area contributed by atoms with Gasteiger partial charge in [0, 0.05) is 24.5 Å². The van der Waals surface area contributed by atoms with Gasteiger partial charge in [0.15, 0.2) is 5.82 Å². The maximum absolute atomic E-state index is 4.33. The maximum atomic E-state index is 4.33. The Hall–Kier alpha value is -1.74. The second-order valence-electron chi connectivity index (χ2n) is 4.62. The van der Waals surface area contributed by atoms with Crippen molar-refractivity contribution in [2.24, 2.45) is 0 Å². The van der Waals surface area contributed by atoms with Crippen molar-refractivity contribution in [3.8, 4) is 11.4 Å². The van der Waals surface area contributed by atoms with Crippen LogP contribution in [0.4, 0.5) is 0 Å². The van der Waals surface area contributed by atoms with E-state index in [1.54, 1.807) is 12.4 Å². The van der Waals surface area contributed by atoms with Gasteiger partial charge in [0.1, 0.15) is 0 Å². The van der Waals surface area contributed by atoms with Gasteiger partial charge in [0.2, 0.25) is 0 Å². The summed E-state index contributed by atoms with van der Waals surface area (Å²) >= 11 is 0. The molecule has 2 heterocycles. The van der Waals surface area contributed by atoms with E-state index < -0.39 is 0 Å². The molecular weight excluding hydrogens is 222 g/mol. The Bertz CT molecular complexity index is 504. The largest absolute Gasteiger partial charge is 0.299 e. The zero-order valence-electron chi connectivity index (χ0n) is 10.3. The molecule has 0 aliphatic carbocycles. The van der Waals surface area contributed by atoms with Gasteiger partial charge in [-0.2, -0.15) is 0 Å². The molecule has 2 aromatic rings. The minimum absolute atomic E-state index is 0.795. The van der Waals surface area contributed by atoms with E-state index in [1.165, 1.54) is 31.5 Å². The quantitative estimate of drug-likeness (QED) is 0.823. The van der Waals surface area contributed by atoms with Crippen LogP contribution in [-0.2, 0) is 6.54 Å². The average molecular weight is 238 g/mol. The van der Waals surface area contributed by atoms with Crippen molar-refractivity contribution in [1.29, 1.82) is 0 Å². The molecule has 1 aliphatic heterocycles. The summed E-state index contributed by atoms with van der Waals surface area (Å²) in [6.45, 7) is 3.34. The predicted molar refractivity (Wildman–Crippen MR) is 70.8 cm³/mol. The normalized spacial score (nSPS) is 16.0. The highest BCUT2D eigenvalue weighted by atomic mass is 15.1. The van der Waals surface area contributed by atoms with Crippen LogP contribution in [0, 0.1) is 6.07 Å². The number of hydrogen-bond acceptors (Lipinski definition) is 3. The highest BCUT2D eigenvalue weighted by Crippen LogP contribution is 2.22. The molecule has 0 unspecified atom stereocenters. The lowest BCUT2D eigenvalue weighted by atomic mass is 10.1. The molecule has 1 saturated heterocycles. The first-order valence-corrected chi connectivity index (χ1v) is 6.43. The minimum Gasteiger partial charge on any atom is -0.299 e. The molecule has 91 valence electrons. The Morgan fingerprint density at radius 2 is 1.89 bits per heavy atom. The third-order valence-electron chi connectivity index (χ3n) is 3.33. The molecule has 1 fully saturated rings. The molecule has 0 spiro atoms. The van der Waals surface area contributed by atoms with Gasteiger partial charge in [-0.05, 0) is 43.6 Å². The van der Waals surface area contributed by atoms with Crippen LogP contribution in [0.5, 0.6) is 0 Å². The molecule has 1 radical (unpaired) electrons. The summed E-state index contributed by atoms with van der Waals surface area (Å²) in [5.74, 6) is 0.795. The summed E-state index contributed by atoms with van der Waals surface area (Å²) in [6.07, 6.45) is 6.19. The summed E-state index contributed by atoms with van der Waals surface area (Å²) in [4.78, 5) is 11.1. The SMILES string of the molecule is [c]1cccc(-c2ncccn2)c1CN1CCCC1. The van der Waals surface area contributed by atoms with Crippen LogP contribution in [0.3, 0.4) is 0 Å². The van der Waals surface area contributed by atoms with E-state index in [2.05, 4.69) is 27.0 Å². The van der Waals surface area contributed by atoms with Gasteiger partial charge >= 0.3 is 0 Å². The van der Waals surface area contributed by atoms with Crippen molar-refractivity contribution in [3.63, 3.8) is 0 Å². The number of rotatable bonds is 3. The van der Waals surface area contributed by atoms with Crippen LogP contribution in [-0.4, -0.2) is 28.0 Å².